The fourth-order valence-corrected chi connectivity index (χ4v) is 1.48. The molecule has 17 heavy (non-hydrogen) atoms. The molecule has 0 aliphatic carbocycles. The molecular formula is C14H12N2O. The second kappa shape index (κ2) is 4.58. The largest absolute Gasteiger partial charge is 0.457 e. The number of aryl methyl sites for hydroxylation is 1. The molecule has 3 heteroatoms. The van der Waals surface area contributed by atoms with Crippen molar-refractivity contribution in [3.63, 3.8) is 0 Å². The van der Waals surface area contributed by atoms with Gasteiger partial charge in [0.2, 0.25) is 0 Å². The van der Waals surface area contributed by atoms with Gasteiger partial charge in [-0.3, -0.25) is 0 Å². The van der Waals surface area contributed by atoms with Crippen LogP contribution in [0.5, 0.6) is 11.5 Å². The van der Waals surface area contributed by atoms with Crippen molar-refractivity contribution in [2.75, 3.05) is 5.73 Å². The summed E-state index contributed by atoms with van der Waals surface area (Å²) in [6.07, 6.45) is 0. The van der Waals surface area contributed by atoms with Crippen LogP contribution in [0, 0.1) is 18.3 Å². The average Bonchev–Trinajstić information content (AvgIpc) is 2.32. The number of benzene rings is 2. The van der Waals surface area contributed by atoms with Gasteiger partial charge in [0.1, 0.15) is 11.5 Å². The molecule has 0 bridgehead atoms. The van der Waals surface area contributed by atoms with Crippen LogP contribution in [0.1, 0.15) is 11.1 Å². The highest BCUT2D eigenvalue weighted by Gasteiger charge is 2.03. The minimum Gasteiger partial charge on any atom is -0.457 e. The van der Waals surface area contributed by atoms with Crippen molar-refractivity contribution in [2.24, 2.45) is 0 Å². The molecule has 2 aromatic carbocycles. The zero-order chi connectivity index (χ0) is 12.3. The fourth-order valence-electron chi connectivity index (χ4n) is 1.48. The molecule has 0 saturated carbocycles. The lowest BCUT2D eigenvalue weighted by molar-refractivity contribution is 0.479. The van der Waals surface area contributed by atoms with E-state index in [1.165, 1.54) is 0 Å². The predicted octanol–water partition coefficient (Wildman–Crippen LogP) is 3.24. The minimum atomic E-state index is 0.578. The van der Waals surface area contributed by atoms with Gasteiger partial charge in [-0.25, -0.2) is 0 Å². The van der Waals surface area contributed by atoms with Gasteiger partial charge in [0, 0.05) is 11.8 Å². The highest BCUT2D eigenvalue weighted by molar-refractivity contribution is 5.48. The van der Waals surface area contributed by atoms with Gasteiger partial charge in [0.25, 0.3) is 0 Å². The van der Waals surface area contributed by atoms with Gasteiger partial charge in [-0.1, -0.05) is 12.1 Å². The van der Waals surface area contributed by atoms with Gasteiger partial charge in [-0.05, 0) is 36.8 Å². The molecule has 0 aliphatic heterocycles. The van der Waals surface area contributed by atoms with Gasteiger partial charge in [-0.2, -0.15) is 5.26 Å². The number of anilines is 1. The smallest absolute Gasteiger partial charge is 0.131 e. The van der Waals surface area contributed by atoms with E-state index in [1.54, 1.807) is 24.3 Å². The Balaban J connectivity index is 2.33. The molecule has 0 spiro atoms. The molecule has 3 nitrogen and oxygen atoms in total. The van der Waals surface area contributed by atoms with Crippen molar-refractivity contribution in [3.8, 4) is 17.6 Å². The first-order chi connectivity index (χ1) is 8.19. The van der Waals surface area contributed by atoms with Crippen molar-refractivity contribution >= 4 is 5.69 Å². The predicted molar refractivity (Wildman–Crippen MR) is 66.8 cm³/mol. The summed E-state index contributed by atoms with van der Waals surface area (Å²) >= 11 is 0. The number of nitrogens with zero attached hydrogens (tertiary/aromatic N) is 1. The minimum absolute atomic E-state index is 0.578. The highest BCUT2D eigenvalue weighted by atomic mass is 16.5. The molecular weight excluding hydrogens is 212 g/mol. The fraction of sp³-hybridized carbons (Fsp3) is 0.0714. The molecule has 0 unspecified atom stereocenters. The van der Waals surface area contributed by atoms with E-state index in [9.17, 15) is 0 Å². The molecule has 2 N–H and O–H groups in total. The van der Waals surface area contributed by atoms with E-state index in [0.717, 1.165) is 5.56 Å². The summed E-state index contributed by atoms with van der Waals surface area (Å²) in [5.74, 6) is 1.35. The van der Waals surface area contributed by atoms with Crippen molar-refractivity contribution < 1.29 is 4.74 Å². The third-order valence-electron chi connectivity index (χ3n) is 2.40. The molecule has 0 amide bonds. The first-order valence-corrected chi connectivity index (χ1v) is 5.23. The number of nitrogens with two attached hydrogens (primary N) is 1. The SMILES string of the molecule is Cc1ccc(C#N)cc1Oc1cccc(N)c1. The van der Waals surface area contributed by atoms with Crippen LogP contribution in [0.2, 0.25) is 0 Å². The molecule has 0 heterocycles. The molecule has 0 aromatic heterocycles. The quantitative estimate of drug-likeness (QED) is 0.796. The summed E-state index contributed by atoms with van der Waals surface area (Å²) in [6.45, 7) is 1.93. The molecule has 0 atom stereocenters. The third kappa shape index (κ3) is 2.56. The topological polar surface area (TPSA) is 59.0 Å². The van der Waals surface area contributed by atoms with E-state index in [-0.39, 0.29) is 0 Å². The molecule has 84 valence electrons. The number of nitriles is 1. The zero-order valence-corrected chi connectivity index (χ0v) is 9.47. The summed E-state index contributed by atoms with van der Waals surface area (Å²) in [5, 5.41) is 8.84. The normalized spacial score (nSPS) is 9.65. The van der Waals surface area contributed by atoms with Crippen molar-refractivity contribution in [1.29, 1.82) is 5.26 Å². The maximum Gasteiger partial charge on any atom is 0.131 e. The monoisotopic (exact) mass is 224 g/mol. The second-order valence-corrected chi connectivity index (χ2v) is 3.77. The van der Waals surface area contributed by atoms with Crippen LogP contribution in [0.4, 0.5) is 5.69 Å². The van der Waals surface area contributed by atoms with Crippen molar-refractivity contribution in [3.05, 3.63) is 53.6 Å². The average molecular weight is 224 g/mol. The maximum absolute atomic E-state index is 8.84. The van der Waals surface area contributed by atoms with Crippen LogP contribution in [0.3, 0.4) is 0 Å². The standard InChI is InChI=1S/C14H12N2O/c1-10-5-6-11(9-15)7-14(10)17-13-4-2-3-12(16)8-13/h2-8H,16H2,1H3. The lowest BCUT2D eigenvalue weighted by atomic mass is 10.1. The van der Waals surface area contributed by atoms with Gasteiger partial charge in [-0.15, -0.1) is 0 Å². The maximum atomic E-state index is 8.84. The van der Waals surface area contributed by atoms with Gasteiger partial charge < -0.3 is 10.5 Å². The molecule has 2 rings (SSSR count). The zero-order valence-electron chi connectivity index (χ0n) is 9.47. The van der Waals surface area contributed by atoms with Crippen LogP contribution in [-0.2, 0) is 0 Å². The van der Waals surface area contributed by atoms with Gasteiger partial charge >= 0.3 is 0 Å². The number of rotatable bonds is 2. The van der Waals surface area contributed by atoms with Crippen LogP contribution >= 0.6 is 0 Å². The lowest BCUT2D eigenvalue weighted by Crippen LogP contribution is -1.90. The Labute approximate surface area is 100 Å². The Kier molecular flexibility index (Phi) is 2.97. The molecule has 0 radical (unpaired) electrons. The Morgan fingerprint density at radius 1 is 1.18 bits per heavy atom. The van der Waals surface area contributed by atoms with E-state index in [2.05, 4.69) is 6.07 Å². The molecule has 0 aliphatic rings. The Morgan fingerprint density at radius 2 is 2.00 bits per heavy atom. The highest BCUT2D eigenvalue weighted by Crippen LogP contribution is 2.26. The number of hydrogen-bond acceptors (Lipinski definition) is 3. The summed E-state index contributed by atoms with van der Waals surface area (Å²) in [5.41, 5.74) is 7.88. The van der Waals surface area contributed by atoms with E-state index >= 15 is 0 Å². The van der Waals surface area contributed by atoms with Crippen LogP contribution in [0.25, 0.3) is 0 Å². The first kappa shape index (κ1) is 11.0. The van der Waals surface area contributed by atoms with Gasteiger partial charge in [0.15, 0.2) is 0 Å². The third-order valence-corrected chi connectivity index (χ3v) is 2.40. The van der Waals surface area contributed by atoms with E-state index in [4.69, 9.17) is 15.7 Å². The molecule has 2 aromatic rings. The summed E-state index contributed by atoms with van der Waals surface area (Å²) in [4.78, 5) is 0. The van der Waals surface area contributed by atoms with Crippen molar-refractivity contribution in [1.82, 2.24) is 0 Å². The summed E-state index contributed by atoms with van der Waals surface area (Å²) in [7, 11) is 0. The van der Waals surface area contributed by atoms with E-state index < -0.39 is 0 Å². The summed E-state index contributed by atoms with van der Waals surface area (Å²) in [6, 6.07) is 14.6. The number of hydrogen-bond donors (Lipinski definition) is 1. The number of ether oxygens (including phenoxy) is 1. The first-order valence-electron chi connectivity index (χ1n) is 5.23. The van der Waals surface area contributed by atoms with Crippen LogP contribution in [-0.4, -0.2) is 0 Å². The van der Waals surface area contributed by atoms with Gasteiger partial charge in [0.05, 0.1) is 11.6 Å². The van der Waals surface area contributed by atoms with Crippen molar-refractivity contribution in [2.45, 2.75) is 6.92 Å². The van der Waals surface area contributed by atoms with E-state index in [0.29, 0.717) is 22.7 Å². The lowest BCUT2D eigenvalue weighted by Gasteiger charge is -2.09. The van der Waals surface area contributed by atoms with Crippen LogP contribution in [0.15, 0.2) is 42.5 Å². The summed E-state index contributed by atoms with van der Waals surface area (Å²) < 4.78 is 5.70. The second-order valence-electron chi connectivity index (χ2n) is 3.77. The molecule has 0 saturated heterocycles. The Morgan fingerprint density at radius 3 is 2.71 bits per heavy atom. The Hall–Kier alpha value is -2.47. The number of nitrogen functional groups attached to an aromatic ring is 1. The van der Waals surface area contributed by atoms with Crippen LogP contribution < -0.4 is 10.5 Å². The molecule has 0 fully saturated rings. The van der Waals surface area contributed by atoms with E-state index in [1.807, 2.05) is 25.1 Å². The Bertz CT molecular complexity index is 585.